The number of carbonyl (C=O) groups excluding carboxylic acids is 2. The lowest BCUT2D eigenvalue weighted by atomic mass is 10.2. The topological polar surface area (TPSA) is 79.3 Å². The maximum Gasteiger partial charge on any atom is 0.272 e. The quantitative estimate of drug-likeness (QED) is 0.607. The zero-order valence-electron chi connectivity index (χ0n) is 16.6. The molecular weight excluding hydrogens is 366 g/mol. The van der Waals surface area contributed by atoms with E-state index in [0.717, 1.165) is 24.3 Å². The summed E-state index contributed by atoms with van der Waals surface area (Å²) in [6.45, 7) is 6.54. The summed E-state index contributed by atoms with van der Waals surface area (Å²) < 4.78 is 1.68. The molecule has 1 heterocycles. The third-order valence-electron chi connectivity index (χ3n) is 4.63. The van der Waals surface area contributed by atoms with Gasteiger partial charge in [-0.3, -0.25) is 25.1 Å². The van der Waals surface area contributed by atoms with Crippen LogP contribution in [0.15, 0.2) is 67.0 Å². The molecule has 0 saturated carbocycles. The molecule has 2 amide bonds. The van der Waals surface area contributed by atoms with Crippen molar-refractivity contribution in [3.8, 4) is 0 Å². The van der Waals surface area contributed by atoms with Crippen molar-refractivity contribution in [1.82, 2.24) is 20.6 Å². The van der Waals surface area contributed by atoms with Gasteiger partial charge in [-0.2, -0.15) is 5.10 Å². The number of hydrazine groups is 1. The second-order valence-electron chi connectivity index (χ2n) is 6.54. The lowest BCUT2D eigenvalue weighted by molar-refractivity contribution is 0.0846. The molecule has 0 radical (unpaired) electrons. The van der Waals surface area contributed by atoms with Crippen molar-refractivity contribution in [2.45, 2.75) is 20.4 Å². The van der Waals surface area contributed by atoms with Crippen LogP contribution in [0.1, 0.15) is 40.1 Å². The summed E-state index contributed by atoms with van der Waals surface area (Å²) in [6, 6.07) is 17.1. The zero-order chi connectivity index (χ0) is 20.6. The molecule has 29 heavy (non-hydrogen) atoms. The van der Waals surface area contributed by atoms with Crippen molar-refractivity contribution in [3.63, 3.8) is 0 Å². The fraction of sp³-hybridized carbons (Fsp3) is 0.227. The first-order valence-electron chi connectivity index (χ1n) is 9.62. The summed E-state index contributed by atoms with van der Waals surface area (Å²) in [4.78, 5) is 26.8. The van der Waals surface area contributed by atoms with Gasteiger partial charge < -0.3 is 4.90 Å². The number of aromatic nitrogens is 2. The Kier molecular flexibility index (Phi) is 6.63. The summed E-state index contributed by atoms with van der Waals surface area (Å²) in [5.41, 5.74) is 7.87. The van der Waals surface area contributed by atoms with Crippen LogP contribution in [0.2, 0.25) is 0 Å². The highest BCUT2D eigenvalue weighted by molar-refractivity contribution is 5.99. The van der Waals surface area contributed by atoms with Crippen LogP contribution in [0.25, 0.3) is 0 Å². The predicted octanol–water partition coefficient (Wildman–Crippen LogP) is 2.85. The zero-order valence-corrected chi connectivity index (χ0v) is 16.6. The standard InChI is InChI=1S/C22H25N5O2/c1-3-26(4-2)20-12-10-18(11-13-20)21(28)24-25-22(29)19-14-23-27(16-19)15-17-8-6-5-7-9-17/h5-14,16H,3-4,15H2,1-2H3,(H,24,28)(H,25,29). The molecule has 3 aromatic rings. The number of carbonyl (C=O) groups is 2. The Bertz CT molecular complexity index is 947. The van der Waals surface area contributed by atoms with Crippen LogP contribution in [0.5, 0.6) is 0 Å². The highest BCUT2D eigenvalue weighted by atomic mass is 16.2. The van der Waals surface area contributed by atoms with Gasteiger partial charge in [-0.1, -0.05) is 30.3 Å². The molecule has 0 saturated heterocycles. The molecule has 7 nitrogen and oxygen atoms in total. The fourth-order valence-electron chi connectivity index (χ4n) is 3.01. The van der Waals surface area contributed by atoms with E-state index in [1.807, 2.05) is 42.5 Å². The van der Waals surface area contributed by atoms with Crippen LogP contribution in [0, 0.1) is 0 Å². The maximum absolute atomic E-state index is 12.3. The van der Waals surface area contributed by atoms with Crippen LogP contribution >= 0.6 is 0 Å². The minimum absolute atomic E-state index is 0.373. The largest absolute Gasteiger partial charge is 0.372 e. The molecule has 0 atom stereocenters. The number of rotatable bonds is 7. The molecule has 150 valence electrons. The van der Waals surface area contributed by atoms with Gasteiger partial charge >= 0.3 is 0 Å². The van der Waals surface area contributed by atoms with E-state index in [1.54, 1.807) is 23.0 Å². The second-order valence-corrected chi connectivity index (χ2v) is 6.54. The van der Waals surface area contributed by atoms with Crippen LogP contribution in [0.4, 0.5) is 5.69 Å². The molecule has 2 aromatic carbocycles. The van der Waals surface area contributed by atoms with Crippen molar-refractivity contribution >= 4 is 17.5 Å². The molecule has 0 aliphatic rings. The van der Waals surface area contributed by atoms with Gasteiger partial charge in [-0.15, -0.1) is 0 Å². The average molecular weight is 391 g/mol. The van der Waals surface area contributed by atoms with E-state index in [1.165, 1.54) is 6.20 Å². The van der Waals surface area contributed by atoms with E-state index in [0.29, 0.717) is 17.7 Å². The molecular formula is C22H25N5O2. The minimum Gasteiger partial charge on any atom is -0.372 e. The van der Waals surface area contributed by atoms with Gasteiger partial charge in [0, 0.05) is 30.5 Å². The van der Waals surface area contributed by atoms with Crippen LogP contribution in [-0.2, 0) is 6.54 Å². The van der Waals surface area contributed by atoms with Crippen molar-refractivity contribution in [3.05, 3.63) is 83.7 Å². The summed E-state index contributed by atoms with van der Waals surface area (Å²) in [5.74, 6) is -0.793. The first-order valence-corrected chi connectivity index (χ1v) is 9.62. The molecule has 0 aliphatic heterocycles. The monoisotopic (exact) mass is 391 g/mol. The van der Waals surface area contributed by atoms with E-state index in [2.05, 4.69) is 34.7 Å². The number of hydrogen-bond acceptors (Lipinski definition) is 4. The normalized spacial score (nSPS) is 10.4. The van der Waals surface area contributed by atoms with Crippen LogP contribution < -0.4 is 15.8 Å². The van der Waals surface area contributed by atoms with Gasteiger partial charge in [0.1, 0.15) is 0 Å². The molecule has 3 rings (SSSR count). The van der Waals surface area contributed by atoms with Crippen LogP contribution in [0.3, 0.4) is 0 Å². The molecule has 2 N–H and O–H groups in total. The Labute approximate surface area is 170 Å². The van der Waals surface area contributed by atoms with Crippen molar-refractivity contribution < 1.29 is 9.59 Å². The Balaban J connectivity index is 1.54. The Hall–Kier alpha value is -3.61. The van der Waals surface area contributed by atoms with Gasteiger partial charge in [-0.05, 0) is 43.7 Å². The number of anilines is 1. The van der Waals surface area contributed by atoms with Gasteiger partial charge in [0.15, 0.2) is 0 Å². The summed E-state index contributed by atoms with van der Waals surface area (Å²) in [5, 5.41) is 4.20. The number of nitrogens with zero attached hydrogens (tertiary/aromatic N) is 3. The molecule has 0 unspecified atom stereocenters. The SMILES string of the molecule is CCN(CC)c1ccc(C(=O)NNC(=O)c2cnn(Cc3ccccc3)c2)cc1. The van der Waals surface area contributed by atoms with Crippen molar-refractivity contribution in [2.75, 3.05) is 18.0 Å². The fourth-order valence-corrected chi connectivity index (χ4v) is 3.01. The molecule has 0 aliphatic carbocycles. The second kappa shape index (κ2) is 9.54. The third kappa shape index (κ3) is 5.22. The van der Waals surface area contributed by atoms with Crippen molar-refractivity contribution in [1.29, 1.82) is 0 Å². The number of hydrogen-bond donors (Lipinski definition) is 2. The third-order valence-corrected chi connectivity index (χ3v) is 4.63. The lowest BCUT2D eigenvalue weighted by Gasteiger charge is -2.21. The Morgan fingerprint density at radius 1 is 0.897 bits per heavy atom. The Morgan fingerprint density at radius 2 is 1.52 bits per heavy atom. The molecule has 0 bridgehead atoms. The molecule has 0 spiro atoms. The van der Waals surface area contributed by atoms with Gasteiger partial charge in [0.2, 0.25) is 0 Å². The first-order chi connectivity index (χ1) is 14.1. The number of benzene rings is 2. The molecule has 1 aromatic heterocycles. The first kappa shape index (κ1) is 20.1. The highest BCUT2D eigenvalue weighted by Gasteiger charge is 2.12. The van der Waals surface area contributed by atoms with Gasteiger partial charge in [-0.25, -0.2) is 0 Å². The van der Waals surface area contributed by atoms with Gasteiger partial charge in [0.25, 0.3) is 11.8 Å². The van der Waals surface area contributed by atoms with E-state index in [4.69, 9.17) is 0 Å². The van der Waals surface area contributed by atoms with E-state index < -0.39 is 5.91 Å². The van der Waals surface area contributed by atoms with E-state index in [-0.39, 0.29) is 5.91 Å². The van der Waals surface area contributed by atoms with E-state index in [9.17, 15) is 9.59 Å². The summed E-state index contributed by atoms with van der Waals surface area (Å²) in [6.07, 6.45) is 3.12. The maximum atomic E-state index is 12.3. The van der Waals surface area contributed by atoms with Crippen molar-refractivity contribution in [2.24, 2.45) is 0 Å². The number of nitrogens with one attached hydrogen (secondary N) is 2. The molecule has 7 heteroatoms. The van der Waals surface area contributed by atoms with Gasteiger partial charge in [0.05, 0.1) is 18.3 Å². The Morgan fingerprint density at radius 3 is 2.14 bits per heavy atom. The molecule has 0 fully saturated rings. The summed E-state index contributed by atoms with van der Waals surface area (Å²) in [7, 11) is 0. The van der Waals surface area contributed by atoms with Crippen LogP contribution in [-0.4, -0.2) is 34.7 Å². The average Bonchev–Trinajstić information content (AvgIpc) is 3.22. The lowest BCUT2D eigenvalue weighted by Crippen LogP contribution is -2.41. The summed E-state index contributed by atoms with van der Waals surface area (Å²) >= 11 is 0. The minimum atomic E-state index is -0.419. The predicted molar refractivity (Wildman–Crippen MR) is 113 cm³/mol. The number of amides is 2. The smallest absolute Gasteiger partial charge is 0.272 e. The highest BCUT2D eigenvalue weighted by Crippen LogP contribution is 2.14. The van der Waals surface area contributed by atoms with E-state index >= 15 is 0 Å².